The first kappa shape index (κ1) is 15.4. The summed E-state index contributed by atoms with van der Waals surface area (Å²) in [6.45, 7) is 2.22. The summed E-state index contributed by atoms with van der Waals surface area (Å²) in [5, 5.41) is 3.89. The van der Waals surface area contributed by atoms with Gasteiger partial charge in [0.2, 0.25) is 5.91 Å². The molecule has 0 aliphatic heterocycles. The van der Waals surface area contributed by atoms with E-state index in [1.54, 1.807) is 0 Å². The predicted molar refractivity (Wildman–Crippen MR) is 84.0 cm³/mol. The molecule has 0 aromatic heterocycles. The maximum atomic E-state index is 12.2. The van der Waals surface area contributed by atoms with Crippen molar-refractivity contribution in [1.29, 1.82) is 0 Å². The Balaban J connectivity index is 1.86. The zero-order valence-electron chi connectivity index (χ0n) is 12.2. The van der Waals surface area contributed by atoms with Crippen LogP contribution < -0.4 is 5.32 Å². The topological polar surface area (TPSA) is 29.1 Å². The van der Waals surface area contributed by atoms with E-state index in [1.165, 1.54) is 32.1 Å². The van der Waals surface area contributed by atoms with E-state index in [9.17, 15) is 4.79 Å². The summed E-state index contributed by atoms with van der Waals surface area (Å²) in [6.07, 6.45) is 7.76. The fourth-order valence-corrected chi connectivity index (χ4v) is 3.31. The van der Waals surface area contributed by atoms with E-state index in [-0.39, 0.29) is 5.91 Å². The van der Waals surface area contributed by atoms with Gasteiger partial charge in [-0.2, -0.15) is 0 Å². The second kappa shape index (κ2) is 7.68. The first-order valence-corrected chi connectivity index (χ1v) is 8.11. The van der Waals surface area contributed by atoms with Gasteiger partial charge in [-0.05, 0) is 36.8 Å². The third kappa shape index (κ3) is 4.24. The van der Waals surface area contributed by atoms with E-state index in [0.717, 1.165) is 12.0 Å². The Morgan fingerprint density at radius 1 is 1.35 bits per heavy atom. The molecule has 1 N–H and O–H groups in total. The molecule has 20 heavy (non-hydrogen) atoms. The molecule has 3 heteroatoms. The minimum absolute atomic E-state index is 0.103. The van der Waals surface area contributed by atoms with Gasteiger partial charge in [-0.25, -0.2) is 0 Å². The molecule has 110 valence electrons. The SMILES string of the molecule is CCCCC1CCCC1NC(=O)Cc1ccccc1Cl. The second-order valence-electron chi connectivity index (χ2n) is 5.78. The number of carbonyl (C=O) groups is 1. The average Bonchev–Trinajstić information content (AvgIpc) is 2.86. The van der Waals surface area contributed by atoms with Crippen LogP contribution in [0.1, 0.15) is 51.0 Å². The molecule has 2 nitrogen and oxygen atoms in total. The number of nitrogens with one attached hydrogen (secondary N) is 1. The molecule has 1 aliphatic carbocycles. The van der Waals surface area contributed by atoms with Crippen molar-refractivity contribution in [2.75, 3.05) is 0 Å². The Labute approximate surface area is 126 Å². The smallest absolute Gasteiger partial charge is 0.224 e. The number of unbranched alkanes of at least 4 members (excludes halogenated alkanes) is 1. The van der Waals surface area contributed by atoms with Gasteiger partial charge in [0.25, 0.3) is 0 Å². The van der Waals surface area contributed by atoms with Crippen molar-refractivity contribution in [3.05, 3.63) is 34.9 Å². The summed E-state index contributed by atoms with van der Waals surface area (Å²) >= 11 is 6.10. The molecular weight excluding hydrogens is 270 g/mol. The minimum Gasteiger partial charge on any atom is -0.353 e. The van der Waals surface area contributed by atoms with Crippen molar-refractivity contribution in [2.45, 2.75) is 57.9 Å². The molecule has 1 aromatic carbocycles. The fraction of sp³-hybridized carbons (Fsp3) is 0.588. The maximum Gasteiger partial charge on any atom is 0.224 e. The zero-order valence-corrected chi connectivity index (χ0v) is 13.0. The Hall–Kier alpha value is -1.02. The highest BCUT2D eigenvalue weighted by atomic mass is 35.5. The van der Waals surface area contributed by atoms with E-state index in [2.05, 4.69) is 12.2 Å². The normalized spacial score (nSPS) is 21.9. The van der Waals surface area contributed by atoms with Crippen LogP contribution in [-0.4, -0.2) is 11.9 Å². The molecule has 1 saturated carbocycles. The Morgan fingerprint density at radius 3 is 2.90 bits per heavy atom. The van der Waals surface area contributed by atoms with Crippen LogP contribution in [0.5, 0.6) is 0 Å². The van der Waals surface area contributed by atoms with Gasteiger partial charge in [-0.3, -0.25) is 4.79 Å². The van der Waals surface area contributed by atoms with Gasteiger partial charge in [0.1, 0.15) is 0 Å². The number of hydrogen-bond donors (Lipinski definition) is 1. The van der Waals surface area contributed by atoms with Crippen molar-refractivity contribution in [2.24, 2.45) is 5.92 Å². The average molecular weight is 294 g/mol. The van der Waals surface area contributed by atoms with Gasteiger partial charge in [-0.15, -0.1) is 0 Å². The molecule has 0 heterocycles. The van der Waals surface area contributed by atoms with E-state index in [0.29, 0.717) is 23.4 Å². The second-order valence-corrected chi connectivity index (χ2v) is 6.18. The van der Waals surface area contributed by atoms with Gasteiger partial charge in [0, 0.05) is 11.1 Å². The summed E-state index contributed by atoms with van der Waals surface area (Å²) in [5.41, 5.74) is 0.912. The van der Waals surface area contributed by atoms with E-state index < -0.39 is 0 Å². The molecule has 1 fully saturated rings. The molecular formula is C17H24ClNO. The van der Waals surface area contributed by atoms with Crippen LogP contribution in [0.15, 0.2) is 24.3 Å². The monoisotopic (exact) mass is 293 g/mol. The van der Waals surface area contributed by atoms with Gasteiger partial charge < -0.3 is 5.32 Å². The van der Waals surface area contributed by atoms with Crippen molar-refractivity contribution in [3.63, 3.8) is 0 Å². The third-order valence-corrected chi connectivity index (χ3v) is 4.61. The van der Waals surface area contributed by atoms with Crippen LogP contribution in [0.2, 0.25) is 5.02 Å². The van der Waals surface area contributed by atoms with Crippen LogP contribution in [0.25, 0.3) is 0 Å². The molecule has 1 aliphatic rings. The van der Waals surface area contributed by atoms with Gasteiger partial charge >= 0.3 is 0 Å². The number of carbonyl (C=O) groups excluding carboxylic acids is 1. The molecule has 0 saturated heterocycles. The Kier molecular flexibility index (Phi) is 5.90. The minimum atomic E-state index is 0.103. The predicted octanol–water partition coefficient (Wildman–Crippen LogP) is 4.36. The highest BCUT2D eigenvalue weighted by molar-refractivity contribution is 6.31. The highest BCUT2D eigenvalue weighted by Gasteiger charge is 2.27. The quantitative estimate of drug-likeness (QED) is 0.829. The summed E-state index contributed by atoms with van der Waals surface area (Å²) in [5.74, 6) is 0.775. The first-order valence-electron chi connectivity index (χ1n) is 7.73. The highest BCUT2D eigenvalue weighted by Crippen LogP contribution is 2.30. The van der Waals surface area contributed by atoms with E-state index >= 15 is 0 Å². The van der Waals surface area contributed by atoms with Gasteiger partial charge in [0.15, 0.2) is 0 Å². The van der Waals surface area contributed by atoms with Gasteiger partial charge in [0.05, 0.1) is 6.42 Å². The summed E-state index contributed by atoms with van der Waals surface area (Å²) in [7, 11) is 0. The van der Waals surface area contributed by atoms with Crippen LogP contribution in [0.4, 0.5) is 0 Å². The number of halogens is 1. The van der Waals surface area contributed by atoms with Crippen LogP contribution in [0, 0.1) is 5.92 Å². The van der Waals surface area contributed by atoms with Crippen molar-refractivity contribution in [3.8, 4) is 0 Å². The number of amides is 1. The lowest BCUT2D eigenvalue weighted by Crippen LogP contribution is -2.38. The lowest BCUT2D eigenvalue weighted by atomic mass is 9.96. The summed E-state index contributed by atoms with van der Waals surface area (Å²) in [4.78, 5) is 12.2. The lowest BCUT2D eigenvalue weighted by Gasteiger charge is -2.21. The molecule has 0 bridgehead atoms. The van der Waals surface area contributed by atoms with Crippen molar-refractivity contribution in [1.82, 2.24) is 5.32 Å². The van der Waals surface area contributed by atoms with E-state index in [4.69, 9.17) is 11.6 Å². The van der Waals surface area contributed by atoms with Crippen LogP contribution in [0.3, 0.4) is 0 Å². The third-order valence-electron chi connectivity index (χ3n) is 4.24. The molecule has 2 rings (SSSR count). The Bertz CT molecular complexity index is 446. The maximum absolute atomic E-state index is 12.2. The van der Waals surface area contributed by atoms with Crippen molar-refractivity contribution >= 4 is 17.5 Å². The van der Waals surface area contributed by atoms with Crippen molar-refractivity contribution < 1.29 is 4.79 Å². The summed E-state index contributed by atoms with van der Waals surface area (Å²) in [6, 6.07) is 7.95. The molecule has 1 amide bonds. The Morgan fingerprint density at radius 2 is 2.15 bits per heavy atom. The van der Waals surface area contributed by atoms with Crippen LogP contribution >= 0.6 is 11.6 Å². The standard InChI is InChI=1S/C17H24ClNO/c1-2-3-7-13-9-6-11-16(13)19-17(20)12-14-8-4-5-10-15(14)18/h4-5,8,10,13,16H,2-3,6-7,9,11-12H2,1H3,(H,19,20). The summed E-state index contributed by atoms with van der Waals surface area (Å²) < 4.78 is 0. The van der Waals surface area contributed by atoms with Crippen LogP contribution in [-0.2, 0) is 11.2 Å². The lowest BCUT2D eigenvalue weighted by molar-refractivity contribution is -0.121. The molecule has 2 atom stereocenters. The molecule has 0 radical (unpaired) electrons. The molecule has 1 aromatic rings. The number of rotatable bonds is 6. The largest absolute Gasteiger partial charge is 0.353 e. The molecule has 2 unspecified atom stereocenters. The first-order chi connectivity index (χ1) is 9.70. The number of hydrogen-bond acceptors (Lipinski definition) is 1. The zero-order chi connectivity index (χ0) is 14.4. The fourth-order valence-electron chi connectivity index (χ4n) is 3.11. The van der Waals surface area contributed by atoms with Gasteiger partial charge in [-0.1, -0.05) is 56.0 Å². The van der Waals surface area contributed by atoms with E-state index in [1.807, 2.05) is 24.3 Å². The molecule has 0 spiro atoms. The number of benzene rings is 1.